The summed E-state index contributed by atoms with van der Waals surface area (Å²) in [5.74, 6) is -0.488. The normalized spacial score (nSPS) is 10.9. The molecule has 2 aromatic carbocycles. The van der Waals surface area contributed by atoms with Crippen molar-refractivity contribution >= 4 is 23.3 Å². The van der Waals surface area contributed by atoms with Gasteiger partial charge in [0.2, 0.25) is 0 Å². The van der Waals surface area contributed by atoms with Gasteiger partial charge >= 0.3 is 5.97 Å². The molecule has 0 bridgehead atoms. The van der Waals surface area contributed by atoms with E-state index in [9.17, 15) is 19.7 Å². The molecular weight excluding hydrogens is 366 g/mol. The topological polar surface area (TPSA) is 120 Å². The minimum Gasteiger partial charge on any atom is -0.484 e. The molecule has 0 aliphatic carbocycles. The Kier molecular flexibility index (Phi) is 7.21. The fourth-order valence-electron chi connectivity index (χ4n) is 2.12. The second kappa shape index (κ2) is 9.81. The number of rotatable bonds is 8. The van der Waals surface area contributed by atoms with Gasteiger partial charge in [0.05, 0.1) is 22.8 Å². The number of hydrazone groups is 1. The summed E-state index contributed by atoms with van der Waals surface area (Å²) in [4.78, 5) is 33.6. The Balaban J connectivity index is 1.85. The molecule has 0 fully saturated rings. The van der Waals surface area contributed by atoms with Crippen LogP contribution in [0.25, 0.3) is 0 Å². The van der Waals surface area contributed by atoms with Crippen LogP contribution >= 0.6 is 0 Å². The highest BCUT2D eigenvalue weighted by atomic mass is 16.6. The van der Waals surface area contributed by atoms with Gasteiger partial charge in [0.15, 0.2) is 6.61 Å². The molecule has 1 amide bonds. The average molecular weight is 385 g/mol. The Bertz CT molecular complexity index is 876. The van der Waals surface area contributed by atoms with Crippen molar-refractivity contribution in [2.45, 2.75) is 13.8 Å². The summed E-state index contributed by atoms with van der Waals surface area (Å²) >= 11 is 0. The monoisotopic (exact) mass is 385 g/mol. The first-order chi connectivity index (χ1) is 13.4. The van der Waals surface area contributed by atoms with Gasteiger partial charge in [0.1, 0.15) is 5.75 Å². The fraction of sp³-hybridized carbons (Fsp3) is 0.211. The Hall–Kier alpha value is -3.75. The smallest absolute Gasteiger partial charge is 0.338 e. The Morgan fingerprint density at radius 1 is 1.07 bits per heavy atom. The lowest BCUT2D eigenvalue weighted by atomic mass is 10.1. The maximum absolute atomic E-state index is 11.8. The summed E-state index contributed by atoms with van der Waals surface area (Å²) in [6.45, 7) is 3.41. The van der Waals surface area contributed by atoms with Crippen molar-refractivity contribution in [1.82, 2.24) is 5.43 Å². The van der Waals surface area contributed by atoms with Crippen LogP contribution in [0.5, 0.6) is 5.75 Å². The van der Waals surface area contributed by atoms with Crippen molar-refractivity contribution < 1.29 is 24.0 Å². The molecule has 2 rings (SSSR count). The maximum Gasteiger partial charge on any atom is 0.338 e. The van der Waals surface area contributed by atoms with Gasteiger partial charge in [-0.25, -0.2) is 10.2 Å². The van der Waals surface area contributed by atoms with E-state index in [4.69, 9.17) is 9.47 Å². The Labute approximate surface area is 161 Å². The number of nitrogens with zero attached hydrogens (tertiary/aromatic N) is 2. The van der Waals surface area contributed by atoms with Crippen molar-refractivity contribution in [2.75, 3.05) is 13.2 Å². The molecule has 0 unspecified atom stereocenters. The number of non-ortho nitro benzene ring substituents is 1. The molecule has 0 saturated heterocycles. The van der Waals surface area contributed by atoms with Crippen LogP contribution in [0.1, 0.15) is 29.8 Å². The summed E-state index contributed by atoms with van der Waals surface area (Å²) < 4.78 is 10.2. The van der Waals surface area contributed by atoms with E-state index in [0.717, 1.165) is 0 Å². The zero-order valence-corrected chi connectivity index (χ0v) is 15.4. The number of carbonyl (C=O) groups excluding carboxylic acids is 2. The number of nitrogens with one attached hydrogen (secondary N) is 1. The molecule has 9 nitrogen and oxygen atoms in total. The number of hydrogen-bond acceptors (Lipinski definition) is 7. The highest BCUT2D eigenvalue weighted by Gasteiger charge is 2.08. The molecule has 0 aliphatic rings. The summed E-state index contributed by atoms with van der Waals surface area (Å²) in [5.41, 5.74) is 3.84. The van der Waals surface area contributed by atoms with Crippen LogP contribution < -0.4 is 10.2 Å². The molecular formula is C19H19N3O6. The lowest BCUT2D eigenvalue weighted by molar-refractivity contribution is -0.384. The lowest BCUT2D eigenvalue weighted by Gasteiger charge is -2.07. The molecule has 0 spiro atoms. The van der Waals surface area contributed by atoms with Crippen molar-refractivity contribution in [1.29, 1.82) is 0 Å². The highest BCUT2D eigenvalue weighted by molar-refractivity contribution is 5.99. The third-order valence-corrected chi connectivity index (χ3v) is 3.58. The predicted molar refractivity (Wildman–Crippen MR) is 101 cm³/mol. The predicted octanol–water partition coefficient (Wildman–Crippen LogP) is 2.69. The number of esters is 1. The molecule has 0 saturated carbocycles. The second-order valence-electron chi connectivity index (χ2n) is 5.57. The fourth-order valence-corrected chi connectivity index (χ4v) is 2.12. The Morgan fingerprint density at radius 3 is 2.25 bits per heavy atom. The van der Waals surface area contributed by atoms with Gasteiger partial charge in [-0.05, 0) is 55.8 Å². The van der Waals surface area contributed by atoms with Crippen molar-refractivity contribution in [3.05, 3.63) is 69.8 Å². The van der Waals surface area contributed by atoms with Crippen LogP contribution in [-0.4, -0.2) is 35.7 Å². The molecule has 1 N–H and O–H groups in total. The minimum absolute atomic E-state index is 0.0250. The van der Waals surface area contributed by atoms with E-state index in [1.54, 1.807) is 50.2 Å². The van der Waals surface area contributed by atoms with Crippen molar-refractivity contribution in [3.63, 3.8) is 0 Å². The summed E-state index contributed by atoms with van der Waals surface area (Å²) in [6.07, 6.45) is 0. The molecule has 0 radical (unpaired) electrons. The minimum atomic E-state index is -0.491. The van der Waals surface area contributed by atoms with Crippen LogP contribution in [0.15, 0.2) is 53.6 Å². The summed E-state index contributed by atoms with van der Waals surface area (Å²) in [7, 11) is 0. The standard InChI is InChI=1S/C19H19N3O6/c1-3-27-19(24)15-6-10-17(11-7-15)28-12-18(23)21-20-13(2)14-4-8-16(9-5-14)22(25)26/h4-11H,3,12H2,1-2H3,(H,21,23)/b20-13+. The zero-order valence-electron chi connectivity index (χ0n) is 15.4. The van der Waals surface area contributed by atoms with E-state index in [0.29, 0.717) is 22.6 Å². The van der Waals surface area contributed by atoms with Gasteiger partial charge < -0.3 is 9.47 Å². The SMILES string of the molecule is CCOC(=O)c1ccc(OCC(=O)N/N=C(\C)c2ccc([N+](=O)[O-])cc2)cc1. The number of amides is 1. The lowest BCUT2D eigenvalue weighted by Crippen LogP contribution is -2.25. The van der Waals surface area contributed by atoms with E-state index in [1.807, 2.05) is 0 Å². The number of nitro benzene ring substituents is 1. The van der Waals surface area contributed by atoms with Crippen LogP contribution in [0, 0.1) is 10.1 Å². The van der Waals surface area contributed by atoms with Crippen molar-refractivity contribution in [3.8, 4) is 5.75 Å². The van der Waals surface area contributed by atoms with Gasteiger partial charge in [-0.3, -0.25) is 14.9 Å². The Morgan fingerprint density at radius 2 is 1.68 bits per heavy atom. The van der Waals surface area contributed by atoms with Gasteiger partial charge in [-0.15, -0.1) is 0 Å². The first kappa shape index (κ1) is 20.6. The molecule has 0 aliphatic heterocycles. The van der Waals surface area contributed by atoms with Gasteiger partial charge in [-0.1, -0.05) is 0 Å². The number of carbonyl (C=O) groups is 2. The van der Waals surface area contributed by atoms with Crippen molar-refractivity contribution in [2.24, 2.45) is 5.10 Å². The van der Waals surface area contributed by atoms with E-state index in [1.165, 1.54) is 12.1 Å². The second-order valence-corrected chi connectivity index (χ2v) is 5.57. The van der Waals surface area contributed by atoms with Gasteiger partial charge in [0, 0.05) is 12.1 Å². The molecule has 146 valence electrons. The van der Waals surface area contributed by atoms with E-state index >= 15 is 0 Å². The van der Waals surface area contributed by atoms with Crippen LogP contribution in [0.2, 0.25) is 0 Å². The molecule has 0 heterocycles. The third kappa shape index (κ3) is 5.90. The number of hydrogen-bond donors (Lipinski definition) is 1. The third-order valence-electron chi connectivity index (χ3n) is 3.58. The van der Waals surface area contributed by atoms with Crippen LogP contribution in [-0.2, 0) is 9.53 Å². The number of nitro groups is 1. The number of ether oxygens (including phenoxy) is 2. The van der Waals surface area contributed by atoms with Crippen LogP contribution in [0.4, 0.5) is 5.69 Å². The first-order valence-corrected chi connectivity index (χ1v) is 8.38. The summed E-state index contributed by atoms with van der Waals surface area (Å²) in [6, 6.07) is 12.0. The highest BCUT2D eigenvalue weighted by Crippen LogP contribution is 2.13. The largest absolute Gasteiger partial charge is 0.484 e. The quantitative estimate of drug-likeness (QED) is 0.323. The van der Waals surface area contributed by atoms with E-state index < -0.39 is 16.8 Å². The number of benzene rings is 2. The molecule has 9 heteroatoms. The van der Waals surface area contributed by atoms with Crippen LogP contribution in [0.3, 0.4) is 0 Å². The molecule has 28 heavy (non-hydrogen) atoms. The van der Waals surface area contributed by atoms with Gasteiger partial charge in [-0.2, -0.15) is 5.10 Å². The first-order valence-electron chi connectivity index (χ1n) is 8.38. The summed E-state index contributed by atoms with van der Waals surface area (Å²) in [5, 5.41) is 14.6. The zero-order chi connectivity index (χ0) is 20.5. The van der Waals surface area contributed by atoms with E-state index in [2.05, 4.69) is 10.5 Å². The maximum atomic E-state index is 11.8. The van der Waals surface area contributed by atoms with E-state index in [-0.39, 0.29) is 18.9 Å². The average Bonchev–Trinajstić information content (AvgIpc) is 2.71. The molecule has 2 aromatic rings. The van der Waals surface area contributed by atoms with Gasteiger partial charge in [0.25, 0.3) is 11.6 Å². The molecule has 0 aromatic heterocycles. The molecule has 0 atom stereocenters.